The molecule has 0 radical (unpaired) electrons. The number of benzene rings is 2. The summed E-state index contributed by atoms with van der Waals surface area (Å²) in [4.78, 5) is 12.8. The van der Waals surface area contributed by atoms with Crippen LogP contribution in [0.1, 0.15) is 45.7 Å². The molecule has 0 aliphatic carbocycles. The van der Waals surface area contributed by atoms with E-state index in [1.807, 2.05) is 19.9 Å². The van der Waals surface area contributed by atoms with Crippen molar-refractivity contribution >= 4 is 17.4 Å². The summed E-state index contributed by atoms with van der Waals surface area (Å²) in [6, 6.07) is 9.18. The maximum absolute atomic E-state index is 14.0. The minimum absolute atomic E-state index is 0.106. The zero-order chi connectivity index (χ0) is 24.6. The number of aryl methyl sites for hydroxylation is 1. The van der Waals surface area contributed by atoms with E-state index in [2.05, 4.69) is 15.7 Å². The van der Waals surface area contributed by atoms with E-state index in [0.717, 1.165) is 15.8 Å². The molecule has 1 aliphatic heterocycles. The number of hydrogen-bond acceptors (Lipinski definition) is 5. The second-order valence-electron chi connectivity index (χ2n) is 8.17. The van der Waals surface area contributed by atoms with Crippen molar-refractivity contribution in [1.29, 1.82) is 0 Å². The number of amides is 1. The fourth-order valence-corrected chi connectivity index (χ4v) is 4.05. The van der Waals surface area contributed by atoms with E-state index in [-0.39, 0.29) is 17.9 Å². The highest BCUT2D eigenvalue weighted by Gasteiger charge is 2.47. The first kappa shape index (κ1) is 23.5. The van der Waals surface area contributed by atoms with E-state index in [4.69, 9.17) is 9.47 Å². The third-order valence-electron chi connectivity index (χ3n) is 6.09. The zero-order valence-electron chi connectivity index (χ0n) is 19.2. The molecular formula is C24H25F3N4O3. The van der Waals surface area contributed by atoms with Crippen molar-refractivity contribution in [1.82, 2.24) is 9.78 Å². The number of nitrogens with zero attached hydrogens (tertiary/aromatic N) is 2. The van der Waals surface area contributed by atoms with E-state index < -0.39 is 24.2 Å². The molecule has 0 fully saturated rings. The Morgan fingerprint density at radius 2 is 1.85 bits per heavy atom. The summed E-state index contributed by atoms with van der Waals surface area (Å²) in [7, 11) is 2.95. The molecule has 1 aromatic heterocycles. The van der Waals surface area contributed by atoms with Crippen LogP contribution >= 0.6 is 0 Å². The summed E-state index contributed by atoms with van der Waals surface area (Å²) in [6.45, 7) is 3.77. The van der Waals surface area contributed by atoms with E-state index in [1.165, 1.54) is 20.3 Å². The van der Waals surface area contributed by atoms with E-state index in [0.29, 0.717) is 22.7 Å². The molecule has 0 saturated heterocycles. The number of rotatable bonds is 5. The van der Waals surface area contributed by atoms with Gasteiger partial charge in [0.05, 0.1) is 20.3 Å². The van der Waals surface area contributed by atoms with Gasteiger partial charge in [-0.05, 0) is 48.7 Å². The lowest BCUT2D eigenvalue weighted by Crippen LogP contribution is -2.35. The van der Waals surface area contributed by atoms with Gasteiger partial charge in [0, 0.05) is 18.2 Å². The average molecular weight is 474 g/mol. The van der Waals surface area contributed by atoms with Gasteiger partial charge in [-0.3, -0.25) is 4.79 Å². The maximum atomic E-state index is 14.0. The molecule has 1 aliphatic rings. The van der Waals surface area contributed by atoms with Crippen molar-refractivity contribution in [2.45, 2.75) is 38.5 Å². The predicted molar refractivity (Wildman–Crippen MR) is 122 cm³/mol. The lowest BCUT2D eigenvalue weighted by molar-refractivity contribution is -0.173. The topological polar surface area (TPSA) is 77.4 Å². The Hall–Kier alpha value is -3.69. The highest BCUT2D eigenvalue weighted by atomic mass is 19.4. The van der Waals surface area contributed by atoms with Crippen LogP contribution in [0.2, 0.25) is 0 Å². The first-order valence-electron chi connectivity index (χ1n) is 10.6. The zero-order valence-corrected chi connectivity index (χ0v) is 19.2. The number of carbonyl (C=O) groups excluding carboxylic acids is 1. The number of alkyl halides is 3. The van der Waals surface area contributed by atoms with Crippen molar-refractivity contribution in [2.24, 2.45) is 0 Å². The molecule has 0 unspecified atom stereocenters. The van der Waals surface area contributed by atoms with Gasteiger partial charge in [0.1, 0.15) is 5.82 Å². The third kappa shape index (κ3) is 4.40. The molecule has 0 saturated carbocycles. The van der Waals surface area contributed by atoms with Crippen LogP contribution in [0.25, 0.3) is 0 Å². The maximum Gasteiger partial charge on any atom is 0.410 e. The largest absolute Gasteiger partial charge is 0.493 e. The fraction of sp³-hybridized carbons (Fsp3) is 0.333. The van der Waals surface area contributed by atoms with Gasteiger partial charge in [-0.15, -0.1) is 0 Å². The lowest BCUT2D eigenvalue weighted by atomic mass is 9.96. The van der Waals surface area contributed by atoms with Gasteiger partial charge in [0.15, 0.2) is 23.2 Å². The van der Waals surface area contributed by atoms with Crippen molar-refractivity contribution < 1.29 is 27.4 Å². The fourth-order valence-electron chi connectivity index (χ4n) is 4.05. The van der Waals surface area contributed by atoms with Gasteiger partial charge >= 0.3 is 6.18 Å². The molecule has 2 heterocycles. The monoisotopic (exact) mass is 474 g/mol. The molecule has 2 atom stereocenters. The van der Waals surface area contributed by atoms with Gasteiger partial charge in [0.2, 0.25) is 0 Å². The molecule has 2 aromatic carbocycles. The smallest absolute Gasteiger partial charge is 0.410 e. The van der Waals surface area contributed by atoms with E-state index >= 15 is 0 Å². The number of carbonyl (C=O) groups is 1. The van der Waals surface area contributed by atoms with E-state index in [1.54, 1.807) is 30.3 Å². The Balaban J connectivity index is 1.66. The number of hydrogen-bond donors (Lipinski definition) is 2. The van der Waals surface area contributed by atoms with Crippen molar-refractivity contribution in [2.75, 3.05) is 24.9 Å². The van der Waals surface area contributed by atoms with Crippen LogP contribution in [0.4, 0.5) is 24.7 Å². The number of halogens is 3. The van der Waals surface area contributed by atoms with Crippen LogP contribution in [0.3, 0.4) is 0 Å². The Morgan fingerprint density at radius 3 is 2.53 bits per heavy atom. The molecular weight excluding hydrogens is 449 g/mol. The molecule has 4 rings (SSSR count). The highest BCUT2D eigenvalue weighted by molar-refractivity contribution is 6.03. The van der Waals surface area contributed by atoms with Gasteiger partial charge in [-0.1, -0.05) is 18.2 Å². The molecule has 0 bridgehead atoms. The molecule has 7 nitrogen and oxygen atoms in total. The van der Waals surface area contributed by atoms with Crippen LogP contribution in [-0.2, 0) is 0 Å². The van der Waals surface area contributed by atoms with Crippen molar-refractivity contribution in [3.05, 3.63) is 64.8 Å². The molecule has 3 aromatic rings. The minimum Gasteiger partial charge on any atom is -0.493 e. The second-order valence-corrected chi connectivity index (χ2v) is 8.17. The summed E-state index contributed by atoms with van der Waals surface area (Å²) in [5, 5.41) is 9.85. The summed E-state index contributed by atoms with van der Waals surface area (Å²) < 4.78 is 53.3. The normalized spacial score (nSPS) is 17.5. The van der Waals surface area contributed by atoms with Crippen LogP contribution < -0.4 is 20.1 Å². The molecule has 180 valence electrons. The van der Waals surface area contributed by atoms with Crippen LogP contribution in [0.5, 0.6) is 11.5 Å². The molecule has 10 heteroatoms. The number of ether oxygens (including phenoxy) is 2. The molecule has 1 amide bonds. The van der Waals surface area contributed by atoms with Gasteiger partial charge in [-0.25, -0.2) is 4.68 Å². The van der Waals surface area contributed by atoms with Crippen molar-refractivity contribution in [3.8, 4) is 11.5 Å². The predicted octanol–water partition coefficient (Wildman–Crippen LogP) is 5.43. The highest BCUT2D eigenvalue weighted by Crippen LogP contribution is 2.44. The standard InChI is InChI=1S/C24H25F3N4O3/c1-13-6-5-7-16(14(13)2)29-23(32)18-12-22-28-17(11-21(24(25,26)27)31(22)30-18)15-8-9-19(33-3)20(10-15)34-4/h5-10,12,17,21,28H,11H2,1-4H3,(H,29,32)/t17-,21-/m1/s1. The second kappa shape index (κ2) is 8.92. The molecule has 2 N–H and O–H groups in total. The Kier molecular flexibility index (Phi) is 6.16. The van der Waals surface area contributed by atoms with Crippen LogP contribution in [0, 0.1) is 13.8 Å². The molecule has 0 spiro atoms. The van der Waals surface area contributed by atoms with Gasteiger partial charge in [0.25, 0.3) is 5.91 Å². The third-order valence-corrected chi connectivity index (χ3v) is 6.09. The Labute approximate surface area is 194 Å². The summed E-state index contributed by atoms with van der Waals surface area (Å²) in [5.41, 5.74) is 2.93. The number of nitrogens with one attached hydrogen (secondary N) is 2. The number of methoxy groups -OCH3 is 2. The first-order chi connectivity index (χ1) is 16.1. The van der Waals surface area contributed by atoms with Gasteiger partial charge in [-0.2, -0.15) is 18.3 Å². The summed E-state index contributed by atoms with van der Waals surface area (Å²) >= 11 is 0. The van der Waals surface area contributed by atoms with Gasteiger partial charge < -0.3 is 20.1 Å². The SMILES string of the molecule is COc1ccc([C@H]2C[C@H](C(F)(F)F)n3nc(C(=O)Nc4cccc(C)c4C)cc3N2)cc1OC. The first-order valence-corrected chi connectivity index (χ1v) is 10.6. The number of anilines is 2. The summed E-state index contributed by atoms with van der Waals surface area (Å²) in [5.74, 6) is 0.420. The quantitative estimate of drug-likeness (QED) is 0.516. The lowest BCUT2D eigenvalue weighted by Gasteiger charge is -2.33. The number of fused-ring (bicyclic) bond motifs is 1. The van der Waals surface area contributed by atoms with E-state index in [9.17, 15) is 18.0 Å². The van der Waals surface area contributed by atoms with Crippen molar-refractivity contribution in [3.63, 3.8) is 0 Å². The van der Waals surface area contributed by atoms with Crippen LogP contribution in [-0.4, -0.2) is 36.1 Å². The molecule has 34 heavy (non-hydrogen) atoms. The number of aromatic nitrogens is 2. The minimum atomic E-state index is -4.56. The summed E-state index contributed by atoms with van der Waals surface area (Å²) in [6.07, 6.45) is -4.86. The Morgan fingerprint density at radius 1 is 1.12 bits per heavy atom. The van der Waals surface area contributed by atoms with Crippen LogP contribution in [0.15, 0.2) is 42.5 Å². The average Bonchev–Trinajstić information content (AvgIpc) is 3.24. The Bertz CT molecular complexity index is 1220.